The van der Waals surface area contributed by atoms with Gasteiger partial charge in [-0.2, -0.15) is 17.6 Å². The number of aliphatic hydroxyl groups is 1. The molecule has 3 N–H and O–H groups in total. The SMILES string of the molecule is Cl.N[C@H](c1ccc(OC(F)(F)C(F)F)cc1)[C@@H](O)C1CC1. The van der Waals surface area contributed by atoms with Gasteiger partial charge in [0.05, 0.1) is 12.1 Å². The number of benzene rings is 1. The van der Waals surface area contributed by atoms with Crippen molar-refractivity contribution in [2.45, 2.75) is 37.5 Å². The minimum atomic E-state index is -4.53. The molecule has 0 bridgehead atoms. The third kappa shape index (κ3) is 4.46. The summed E-state index contributed by atoms with van der Waals surface area (Å²) in [6.07, 6.45) is -7.30. The van der Waals surface area contributed by atoms with Crippen LogP contribution in [-0.4, -0.2) is 23.7 Å². The highest BCUT2D eigenvalue weighted by atomic mass is 35.5. The fourth-order valence-corrected chi connectivity index (χ4v) is 1.89. The van der Waals surface area contributed by atoms with Crippen LogP contribution < -0.4 is 10.5 Å². The van der Waals surface area contributed by atoms with Crippen molar-refractivity contribution in [3.05, 3.63) is 29.8 Å². The van der Waals surface area contributed by atoms with E-state index in [1.807, 2.05) is 0 Å². The summed E-state index contributed by atoms with van der Waals surface area (Å²) in [5, 5.41) is 9.86. The maximum absolute atomic E-state index is 12.7. The zero-order chi connectivity index (χ0) is 14.9. The van der Waals surface area contributed by atoms with Gasteiger partial charge in [0.25, 0.3) is 0 Å². The second-order valence-corrected chi connectivity index (χ2v) is 4.89. The van der Waals surface area contributed by atoms with Gasteiger partial charge < -0.3 is 15.6 Å². The maximum atomic E-state index is 12.7. The van der Waals surface area contributed by atoms with E-state index in [0.717, 1.165) is 25.0 Å². The van der Waals surface area contributed by atoms with Crippen LogP contribution in [0.4, 0.5) is 17.6 Å². The predicted molar refractivity (Wildman–Crippen MR) is 70.9 cm³/mol. The quantitative estimate of drug-likeness (QED) is 0.788. The van der Waals surface area contributed by atoms with Crippen LogP contribution >= 0.6 is 12.4 Å². The normalized spacial score (nSPS) is 18.0. The molecule has 120 valence electrons. The van der Waals surface area contributed by atoms with Crippen LogP contribution in [-0.2, 0) is 0 Å². The lowest BCUT2D eigenvalue weighted by Crippen LogP contribution is -2.33. The first-order chi connectivity index (χ1) is 9.31. The fourth-order valence-electron chi connectivity index (χ4n) is 1.89. The zero-order valence-electron chi connectivity index (χ0n) is 10.9. The number of alkyl halides is 4. The molecule has 0 amide bonds. The first-order valence-electron chi connectivity index (χ1n) is 6.20. The number of hydrogen-bond donors (Lipinski definition) is 2. The summed E-state index contributed by atoms with van der Waals surface area (Å²) in [5.41, 5.74) is 6.39. The Bertz CT molecular complexity index is 454. The number of aliphatic hydroxyl groups excluding tert-OH is 1. The van der Waals surface area contributed by atoms with Gasteiger partial charge in [-0.15, -0.1) is 12.4 Å². The summed E-state index contributed by atoms with van der Waals surface area (Å²) >= 11 is 0. The Hall–Kier alpha value is -1.05. The molecule has 0 aromatic heterocycles. The molecule has 8 heteroatoms. The molecule has 2 rings (SSSR count). The van der Waals surface area contributed by atoms with Gasteiger partial charge in [-0.1, -0.05) is 12.1 Å². The molecule has 0 unspecified atom stereocenters. The van der Waals surface area contributed by atoms with Crippen molar-refractivity contribution in [3.63, 3.8) is 0 Å². The molecule has 1 aliphatic rings. The Morgan fingerprint density at radius 1 is 1.19 bits per heavy atom. The average Bonchev–Trinajstić information content (AvgIpc) is 3.21. The van der Waals surface area contributed by atoms with Crippen LogP contribution in [0.2, 0.25) is 0 Å². The Morgan fingerprint density at radius 3 is 2.14 bits per heavy atom. The van der Waals surface area contributed by atoms with E-state index < -0.39 is 24.7 Å². The molecule has 0 heterocycles. The molecule has 0 aliphatic heterocycles. The van der Waals surface area contributed by atoms with Gasteiger partial charge in [0.1, 0.15) is 5.75 Å². The Morgan fingerprint density at radius 2 is 1.71 bits per heavy atom. The van der Waals surface area contributed by atoms with Gasteiger partial charge in [-0.25, -0.2) is 0 Å². The topological polar surface area (TPSA) is 55.5 Å². The summed E-state index contributed by atoms with van der Waals surface area (Å²) in [6.45, 7) is 0. The van der Waals surface area contributed by atoms with E-state index in [-0.39, 0.29) is 24.1 Å². The number of rotatable bonds is 6. The molecule has 1 aromatic carbocycles. The minimum Gasteiger partial charge on any atom is -0.428 e. The molecular weight excluding hydrogens is 314 g/mol. The van der Waals surface area contributed by atoms with E-state index in [1.54, 1.807) is 0 Å². The first-order valence-corrected chi connectivity index (χ1v) is 6.20. The summed E-state index contributed by atoms with van der Waals surface area (Å²) in [4.78, 5) is 0. The lowest BCUT2D eigenvalue weighted by molar-refractivity contribution is -0.253. The van der Waals surface area contributed by atoms with Crippen molar-refractivity contribution in [2.24, 2.45) is 11.7 Å². The highest BCUT2D eigenvalue weighted by Gasteiger charge is 2.44. The van der Waals surface area contributed by atoms with Crippen LogP contribution in [0, 0.1) is 5.92 Å². The second-order valence-electron chi connectivity index (χ2n) is 4.89. The van der Waals surface area contributed by atoms with E-state index in [9.17, 15) is 22.7 Å². The van der Waals surface area contributed by atoms with Gasteiger partial charge in [0.15, 0.2) is 0 Å². The van der Waals surface area contributed by atoms with Crippen LogP contribution in [0.15, 0.2) is 24.3 Å². The van der Waals surface area contributed by atoms with Crippen molar-refractivity contribution < 1.29 is 27.4 Å². The van der Waals surface area contributed by atoms with Crippen LogP contribution in [0.3, 0.4) is 0 Å². The van der Waals surface area contributed by atoms with Crippen LogP contribution in [0.1, 0.15) is 24.4 Å². The maximum Gasteiger partial charge on any atom is 0.461 e. The monoisotopic (exact) mass is 329 g/mol. The second kappa shape index (κ2) is 6.81. The molecule has 0 radical (unpaired) electrons. The lowest BCUT2D eigenvalue weighted by atomic mass is 9.99. The van der Waals surface area contributed by atoms with Crippen LogP contribution in [0.5, 0.6) is 5.75 Å². The molecule has 1 aliphatic carbocycles. The fraction of sp³-hybridized carbons (Fsp3) is 0.538. The van der Waals surface area contributed by atoms with Gasteiger partial charge in [0.2, 0.25) is 0 Å². The molecular formula is C13H16ClF4NO2. The third-order valence-corrected chi connectivity index (χ3v) is 3.25. The minimum absolute atomic E-state index is 0. The van der Waals surface area contributed by atoms with Gasteiger partial charge in [-0.3, -0.25) is 0 Å². The van der Waals surface area contributed by atoms with E-state index in [1.165, 1.54) is 12.1 Å². The Labute approximate surface area is 125 Å². The van der Waals surface area contributed by atoms with E-state index in [0.29, 0.717) is 5.56 Å². The highest BCUT2D eigenvalue weighted by Crippen LogP contribution is 2.37. The zero-order valence-corrected chi connectivity index (χ0v) is 11.7. The largest absolute Gasteiger partial charge is 0.461 e. The Kier molecular flexibility index (Phi) is 5.83. The van der Waals surface area contributed by atoms with Gasteiger partial charge in [-0.05, 0) is 36.5 Å². The van der Waals surface area contributed by atoms with Crippen molar-refractivity contribution in [1.29, 1.82) is 0 Å². The standard InChI is InChI=1S/C13H15F4NO2.ClH/c14-12(15)13(16,17)20-9-5-3-7(4-6-9)10(18)11(19)8-1-2-8;/h3-6,8,10-12,19H,1-2,18H2;1H/t10-,11+;/m1./s1. The average molecular weight is 330 g/mol. The first kappa shape index (κ1) is 18.0. The Balaban J connectivity index is 0.00000220. The molecule has 1 saturated carbocycles. The van der Waals surface area contributed by atoms with E-state index >= 15 is 0 Å². The molecule has 2 atom stereocenters. The number of nitrogens with two attached hydrogens (primary N) is 1. The number of ether oxygens (including phenoxy) is 1. The van der Waals surface area contributed by atoms with Crippen molar-refractivity contribution in [3.8, 4) is 5.75 Å². The van der Waals surface area contributed by atoms with E-state index in [2.05, 4.69) is 4.74 Å². The summed E-state index contributed by atoms with van der Waals surface area (Å²) in [5.74, 6) is -0.212. The van der Waals surface area contributed by atoms with Gasteiger partial charge >= 0.3 is 12.5 Å². The van der Waals surface area contributed by atoms with Gasteiger partial charge in [0, 0.05) is 0 Å². The highest BCUT2D eigenvalue weighted by molar-refractivity contribution is 5.85. The van der Waals surface area contributed by atoms with Crippen molar-refractivity contribution in [1.82, 2.24) is 0 Å². The summed E-state index contributed by atoms with van der Waals surface area (Å²) < 4.78 is 53.3. The predicted octanol–water partition coefficient (Wildman–Crippen LogP) is 3.12. The molecule has 0 spiro atoms. The number of hydrogen-bond acceptors (Lipinski definition) is 3. The van der Waals surface area contributed by atoms with Crippen molar-refractivity contribution in [2.75, 3.05) is 0 Å². The molecule has 0 saturated heterocycles. The smallest absolute Gasteiger partial charge is 0.428 e. The molecule has 1 aromatic rings. The molecule has 1 fully saturated rings. The molecule has 3 nitrogen and oxygen atoms in total. The lowest BCUT2D eigenvalue weighted by Gasteiger charge is -2.20. The number of halogens is 5. The van der Waals surface area contributed by atoms with Crippen molar-refractivity contribution >= 4 is 12.4 Å². The van der Waals surface area contributed by atoms with Crippen LogP contribution in [0.25, 0.3) is 0 Å². The molecule has 21 heavy (non-hydrogen) atoms. The summed E-state index contributed by atoms with van der Waals surface area (Å²) in [7, 11) is 0. The summed E-state index contributed by atoms with van der Waals surface area (Å²) in [6, 6.07) is 4.39. The third-order valence-electron chi connectivity index (χ3n) is 3.25. The van der Waals surface area contributed by atoms with E-state index in [4.69, 9.17) is 5.73 Å².